The van der Waals surface area contributed by atoms with E-state index in [1.165, 1.54) is 14.2 Å². The van der Waals surface area contributed by atoms with Crippen molar-refractivity contribution in [3.63, 3.8) is 0 Å². The molecule has 4 amide bonds. The van der Waals surface area contributed by atoms with Gasteiger partial charge in [-0.25, -0.2) is 19.6 Å². The first-order chi connectivity index (χ1) is 30.2. The minimum absolute atomic E-state index is 0. The zero-order valence-corrected chi connectivity index (χ0v) is 37.7. The highest BCUT2D eigenvalue weighted by molar-refractivity contribution is 6.07. The second kappa shape index (κ2) is 19.1. The van der Waals surface area contributed by atoms with Gasteiger partial charge in [-0.15, -0.1) is 0 Å². The van der Waals surface area contributed by atoms with Crippen LogP contribution in [0, 0.1) is 17.8 Å². The molecular formula is C47H66N8O8. The first kappa shape index (κ1) is 44.9. The number of hydrogen-bond donors (Lipinski definition) is 4. The number of amides is 4. The fourth-order valence-corrected chi connectivity index (χ4v) is 8.86. The van der Waals surface area contributed by atoms with Gasteiger partial charge in [0.05, 0.1) is 56.3 Å². The average Bonchev–Trinajstić information content (AvgIpc) is 4.03. The summed E-state index contributed by atoms with van der Waals surface area (Å²) in [6.45, 7) is 13.2. The minimum atomic E-state index is -0.777. The molecule has 4 heterocycles. The lowest BCUT2D eigenvalue weighted by Gasteiger charge is -2.32. The highest BCUT2D eigenvalue weighted by Gasteiger charge is 2.41. The van der Waals surface area contributed by atoms with E-state index in [1.807, 2.05) is 45.6 Å². The van der Waals surface area contributed by atoms with Crippen molar-refractivity contribution >= 4 is 45.8 Å². The van der Waals surface area contributed by atoms with Gasteiger partial charge in [0.25, 0.3) is 0 Å². The number of fused-ring (bicyclic) bond motifs is 6. The van der Waals surface area contributed by atoms with E-state index >= 15 is 0 Å². The maximum Gasteiger partial charge on any atom is 0.407 e. The number of carbonyl (C=O) groups excluding carboxylic acids is 4. The van der Waals surface area contributed by atoms with Gasteiger partial charge in [0.15, 0.2) is 0 Å². The summed E-state index contributed by atoms with van der Waals surface area (Å²) < 4.78 is 21.5. The molecule has 5 atom stereocenters. The Labute approximate surface area is 372 Å². The lowest BCUT2D eigenvalue weighted by Crippen LogP contribution is -2.52. The molecular weight excluding hydrogens is 805 g/mol. The number of nitrogens with zero attached hydrogens (tertiary/aromatic N) is 4. The fraction of sp³-hybridized carbons (Fsp3) is 0.489. The molecule has 342 valence electrons. The SMILES string of the molecule is CCC(COC)CN(Cc1ncc(-c2ccc3c(c2)COc2cc4c(ccc5[nH]c([C@@H]6CCC(C)N6C(=O)[C@@H](NC(=O)OC)C(C)C)nc54)cc2-3)[nH]1)C(=O)[C@@H](NC(=O)OC)C(C)C.[HH].[HH].[HH]. The van der Waals surface area contributed by atoms with E-state index < -0.39 is 24.3 Å². The van der Waals surface area contributed by atoms with Crippen molar-refractivity contribution in [3.05, 3.63) is 65.9 Å². The summed E-state index contributed by atoms with van der Waals surface area (Å²) in [5.74, 6) is 1.48. The quantitative estimate of drug-likeness (QED) is 0.0797. The van der Waals surface area contributed by atoms with Gasteiger partial charge in [-0.2, -0.15) is 0 Å². The van der Waals surface area contributed by atoms with Crippen molar-refractivity contribution in [2.24, 2.45) is 17.8 Å². The minimum Gasteiger partial charge on any atom is -0.488 e. The second-order valence-corrected chi connectivity index (χ2v) is 17.4. The molecule has 2 unspecified atom stereocenters. The zero-order valence-electron chi connectivity index (χ0n) is 37.7. The van der Waals surface area contributed by atoms with Crippen molar-refractivity contribution in [1.82, 2.24) is 40.4 Å². The number of aromatic nitrogens is 4. The van der Waals surface area contributed by atoms with Gasteiger partial charge in [0, 0.05) is 34.9 Å². The predicted molar refractivity (Wildman–Crippen MR) is 245 cm³/mol. The maximum absolute atomic E-state index is 14.0. The molecule has 3 aromatic carbocycles. The molecule has 1 saturated heterocycles. The number of alkyl carbamates (subject to hydrolysis) is 2. The Morgan fingerprint density at radius 2 is 1.67 bits per heavy atom. The Morgan fingerprint density at radius 3 is 2.35 bits per heavy atom. The number of methoxy groups -OCH3 is 3. The molecule has 0 saturated carbocycles. The fourth-order valence-electron chi connectivity index (χ4n) is 8.86. The molecule has 0 bridgehead atoms. The van der Waals surface area contributed by atoms with Crippen LogP contribution in [0.4, 0.5) is 9.59 Å². The summed E-state index contributed by atoms with van der Waals surface area (Å²) in [6.07, 6.45) is 2.84. The number of carbonyl (C=O) groups is 4. The number of nitrogens with one attached hydrogen (secondary N) is 4. The third-order valence-corrected chi connectivity index (χ3v) is 12.4. The molecule has 7 rings (SSSR count). The van der Waals surface area contributed by atoms with Crippen molar-refractivity contribution in [1.29, 1.82) is 0 Å². The molecule has 16 nitrogen and oxygen atoms in total. The molecule has 4 N–H and O–H groups in total. The van der Waals surface area contributed by atoms with Gasteiger partial charge in [-0.05, 0) is 90.3 Å². The van der Waals surface area contributed by atoms with Crippen molar-refractivity contribution in [3.8, 4) is 28.1 Å². The highest BCUT2D eigenvalue weighted by Crippen LogP contribution is 2.43. The summed E-state index contributed by atoms with van der Waals surface area (Å²) in [5, 5.41) is 7.39. The lowest BCUT2D eigenvalue weighted by molar-refractivity contribution is -0.137. The molecule has 0 spiro atoms. The number of ether oxygens (including phenoxy) is 4. The van der Waals surface area contributed by atoms with Crippen LogP contribution in [0.2, 0.25) is 0 Å². The first-order valence-electron chi connectivity index (χ1n) is 21.8. The Morgan fingerprint density at radius 1 is 0.937 bits per heavy atom. The Balaban J connectivity index is 0.00000317. The molecule has 5 aromatic rings. The van der Waals surface area contributed by atoms with Crippen LogP contribution in [-0.2, 0) is 37.0 Å². The third-order valence-electron chi connectivity index (χ3n) is 12.4. The van der Waals surface area contributed by atoms with Gasteiger partial charge in [-0.1, -0.05) is 52.8 Å². The van der Waals surface area contributed by atoms with E-state index in [0.29, 0.717) is 31.4 Å². The Bertz CT molecular complexity index is 2500. The molecule has 2 aliphatic heterocycles. The van der Waals surface area contributed by atoms with Crippen LogP contribution in [0.25, 0.3) is 44.2 Å². The topological polar surface area (TPSA) is 193 Å². The van der Waals surface area contributed by atoms with Crippen LogP contribution in [0.1, 0.15) is 88.3 Å². The number of hydrogen-bond acceptors (Lipinski definition) is 10. The Kier molecular flexibility index (Phi) is 13.6. The zero-order chi connectivity index (χ0) is 45.1. The summed E-state index contributed by atoms with van der Waals surface area (Å²) in [6, 6.07) is 12.7. The third kappa shape index (κ3) is 9.31. The average molecular weight is 871 g/mol. The molecule has 2 aliphatic rings. The van der Waals surface area contributed by atoms with E-state index in [2.05, 4.69) is 68.9 Å². The summed E-state index contributed by atoms with van der Waals surface area (Å²) in [7, 11) is 4.22. The predicted octanol–water partition coefficient (Wildman–Crippen LogP) is 8.22. The van der Waals surface area contributed by atoms with E-state index in [4.69, 9.17) is 23.9 Å². The number of rotatable bonds is 15. The molecule has 16 heteroatoms. The maximum atomic E-state index is 14.0. The highest BCUT2D eigenvalue weighted by atomic mass is 16.5. The number of likely N-dealkylation sites (tertiary alicyclic amines) is 1. The van der Waals surface area contributed by atoms with E-state index in [9.17, 15) is 19.2 Å². The summed E-state index contributed by atoms with van der Waals surface area (Å²) in [4.78, 5) is 72.7. The molecule has 0 aliphatic carbocycles. The van der Waals surface area contributed by atoms with Crippen molar-refractivity contribution in [2.45, 2.75) is 98.1 Å². The standard InChI is InChI=1S/C47H60N8O8.3H2/c1-10-28(23-60-7)21-54(44(56)40(25(2)3)52-46(58)61-8)22-39-48-20-36(49-39)30-12-14-32-31(17-30)24-63-38-19-33-29(18-34(32)38)13-15-35-42(33)51-43(50-35)37-16-11-27(6)55(37)45(57)41(26(4)5)53-47(59)62-9;;;/h12-15,17-20,25-28,37,40-41H,10-11,16,21-24H2,1-9H3,(H,48,49)(H,50,51)(H,52,58)(H,53,59);3*1H/t27?,28?,37-,40-,41-;;;/m0.../s1. The van der Waals surface area contributed by atoms with Gasteiger partial charge in [-0.3, -0.25) is 9.59 Å². The molecule has 2 aromatic heterocycles. The van der Waals surface area contributed by atoms with Gasteiger partial charge in [0.1, 0.15) is 36.1 Å². The first-order valence-corrected chi connectivity index (χ1v) is 21.8. The van der Waals surface area contributed by atoms with Crippen LogP contribution in [-0.4, -0.2) is 106 Å². The van der Waals surface area contributed by atoms with Gasteiger partial charge < -0.3 is 49.3 Å². The number of aromatic amines is 2. The molecule has 0 radical (unpaired) electrons. The van der Waals surface area contributed by atoms with E-state index in [0.717, 1.165) is 74.8 Å². The van der Waals surface area contributed by atoms with Crippen LogP contribution in [0.15, 0.2) is 48.7 Å². The summed E-state index contributed by atoms with van der Waals surface area (Å²) >= 11 is 0. The van der Waals surface area contributed by atoms with Crippen LogP contribution in [0.3, 0.4) is 0 Å². The van der Waals surface area contributed by atoms with Crippen LogP contribution < -0.4 is 15.4 Å². The van der Waals surface area contributed by atoms with Crippen LogP contribution >= 0.6 is 0 Å². The van der Waals surface area contributed by atoms with Gasteiger partial charge in [0.2, 0.25) is 11.8 Å². The van der Waals surface area contributed by atoms with E-state index in [-0.39, 0.29) is 52.5 Å². The smallest absolute Gasteiger partial charge is 0.407 e. The number of benzene rings is 3. The number of imidazole rings is 2. The normalized spacial score (nSPS) is 17.2. The van der Waals surface area contributed by atoms with Crippen molar-refractivity contribution in [2.75, 3.05) is 34.5 Å². The van der Waals surface area contributed by atoms with Gasteiger partial charge >= 0.3 is 12.2 Å². The lowest BCUT2D eigenvalue weighted by atomic mass is 9.92. The Hall–Kier alpha value is -6.16. The van der Waals surface area contributed by atoms with E-state index in [1.54, 1.807) is 18.2 Å². The second-order valence-electron chi connectivity index (χ2n) is 17.4. The number of H-pyrrole nitrogens is 2. The largest absolute Gasteiger partial charge is 0.488 e. The van der Waals surface area contributed by atoms with Crippen LogP contribution in [0.5, 0.6) is 5.75 Å². The molecule has 63 heavy (non-hydrogen) atoms. The van der Waals surface area contributed by atoms with Crippen molar-refractivity contribution < 1.29 is 42.4 Å². The summed E-state index contributed by atoms with van der Waals surface area (Å²) in [5.41, 5.74) is 6.46. The molecule has 1 fully saturated rings. The monoisotopic (exact) mass is 871 g/mol.